The van der Waals surface area contributed by atoms with Crippen molar-refractivity contribution in [1.82, 2.24) is 14.9 Å². The van der Waals surface area contributed by atoms with Crippen molar-refractivity contribution in [2.75, 3.05) is 5.84 Å². The van der Waals surface area contributed by atoms with Crippen molar-refractivity contribution in [3.8, 4) is 0 Å². The van der Waals surface area contributed by atoms with Crippen LogP contribution in [0.1, 0.15) is 5.82 Å². The maximum atomic E-state index is 11.8. The van der Waals surface area contributed by atoms with E-state index in [1.165, 1.54) is 0 Å². The van der Waals surface area contributed by atoms with Gasteiger partial charge in [0.05, 0.1) is 0 Å². The van der Waals surface area contributed by atoms with Crippen molar-refractivity contribution >= 4 is 12.2 Å². The molecule has 0 spiro atoms. The number of rotatable bonds is 0. The molecule has 0 unspecified atom stereocenters. The fraction of sp³-hybridized carbons (Fsp3) is 0.333. The summed E-state index contributed by atoms with van der Waals surface area (Å²) in [5, 5.41) is 1.74. The molecule has 0 radical (unpaired) electrons. The molecule has 0 aromatic carbocycles. The van der Waals surface area contributed by atoms with Gasteiger partial charge in [-0.2, -0.15) is 22.9 Å². The largest absolute Gasteiger partial charge is 0.451 e. The number of alkyl halides is 3. The number of aromatic nitrogens is 3. The molecule has 0 saturated carbocycles. The zero-order valence-corrected chi connectivity index (χ0v) is 5.83. The molecule has 0 aliphatic rings. The quantitative estimate of drug-likeness (QED) is 0.460. The highest BCUT2D eigenvalue weighted by molar-refractivity contribution is 7.71. The third kappa shape index (κ3) is 1.50. The van der Waals surface area contributed by atoms with E-state index >= 15 is 0 Å². The monoisotopic (exact) mass is 184 g/mol. The molecule has 62 valence electrons. The number of aromatic amines is 1. The Morgan fingerprint density at radius 3 is 2.27 bits per heavy atom. The van der Waals surface area contributed by atoms with Crippen molar-refractivity contribution in [1.29, 1.82) is 0 Å². The van der Waals surface area contributed by atoms with Crippen LogP contribution in [0.2, 0.25) is 0 Å². The van der Waals surface area contributed by atoms with Crippen molar-refractivity contribution in [3.63, 3.8) is 0 Å². The molecule has 0 saturated heterocycles. The Balaban J connectivity index is 3.18. The summed E-state index contributed by atoms with van der Waals surface area (Å²) >= 11 is 4.34. The Bertz CT molecular complexity index is 309. The van der Waals surface area contributed by atoms with E-state index in [4.69, 9.17) is 5.84 Å². The Labute approximate surface area is 63.8 Å². The van der Waals surface area contributed by atoms with Crippen LogP contribution in [0.25, 0.3) is 0 Å². The summed E-state index contributed by atoms with van der Waals surface area (Å²) in [4.78, 5) is 3.48. The van der Waals surface area contributed by atoms with Gasteiger partial charge in [-0.25, -0.2) is 0 Å². The van der Waals surface area contributed by atoms with E-state index in [1.54, 1.807) is 5.10 Å². The van der Waals surface area contributed by atoms with Crippen molar-refractivity contribution in [2.24, 2.45) is 0 Å². The van der Waals surface area contributed by atoms with E-state index in [2.05, 4.69) is 17.2 Å². The smallest absolute Gasteiger partial charge is 0.322 e. The zero-order valence-electron chi connectivity index (χ0n) is 5.01. The highest BCUT2D eigenvalue weighted by Gasteiger charge is 2.34. The Morgan fingerprint density at radius 1 is 1.55 bits per heavy atom. The van der Waals surface area contributed by atoms with Gasteiger partial charge in [-0.15, -0.1) is 0 Å². The number of nitrogens with zero attached hydrogens (tertiary/aromatic N) is 2. The molecule has 11 heavy (non-hydrogen) atoms. The van der Waals surface area contributed by atoms with Crippen LogP contribution in [0.4, 0.5) is 13.2 Å². The van der Waals surface area contributed by atoms with Gasteiger partial charge in [0.2, 0.25) is 10.6 Å². The summed E-state index contributed by atoms with van der Waals surface area (Å²) < 4.78 is 35.0. The first-order chi connectivity index (χ1) is 4.91. The lowest BCUT2D eigenvalue weighted by Gasteiger charge is -1.98. The number of H-pyrrole nitrogens is 1. The summed E-state index contributed by atoms with van der Waals surface area (Å²) in [6.45, 7) is 0. The van der Waals surface area contributed by atoms with Crippen LogP contribution in [0.3, 0.4) is 0 Å². The van der Waals surface area contributed by atoms with Crippen LogP contribution >= 0.6 is 12.2 Å². The Kier molecular flexibility index (Phi) is 1.63. The van der Waals surface area contributed by atoms with Gasteiger partial charge in [0.1, 0.15) is 0 Å². The minimum Gasteiger partial charge on any atom is -0.322 e. The molecule has 1 aromatic rings. The highest BCUT2D eigenvalue weighted by Crippen LogP contribution is 2.25. The van der Waals surface area contributed by atoms with Gasteiger partial charge in [-0.1, -0.05) is 0 Å². The molecule has 4 nitrogen and oxygen atoms in total. The number of hydrogen-bond acceptors (Lipinski definition) is 3. The van der Waals surface area contributed by atoms with E-state index in [1.807, 2.05) is 0 Å². The zero-order chi connectivity index (χ0) is 8.65. The fourth-order valence-electron chi connectivity index (χ4n) is 0.463. The average Bonchev–Trinajstić information content (AvgIpc) is 2.11. The predicted octanol–water partition coefficient (Wildman–Crippen LogP) is 0.673. The molecule has 3 N–H and O–H groups in total. The summed E-state index contributed by atoms with van der Waals surface area (Å²) in [5.74, 6) is 3.74. The summed E-state index contributed by atoms with van der Waals surface area (Å²) in [6.07, 6.45) is -4.53. The van der Waals surface area contributed by atoms with E-state index in [-0.39, 0.29) is 4.77 Å². The standard InChI is InChI=1S/C3H3F3N4S/c4-3(5,6)1-8-2(11)10(7)9-1/h7H2,(H,8,9,11). The van der Waals surface area contributed by atoms with Gasteiger partial charge in [0.15, 0.2) is 0 Å². The maximum Gasteiger partial charge on any atom is 0.451 e. The number of halogens is 3. The molecule has 0 amide bonds. The average molecular weight is 184 g/mol. The lowest BCUT2D eigenvalue weighted by atomic mass is 10.6. The third-order valence-electron chi connectivity index (χ3n) is 0.908. The summed E-state index contributed by atoms with van der Waals surface area (Å²) in [5.41, 5.74) is 0. The molecule has 8 heteroatoms. The number of nitrogen functional groups attached to an aromatic ring is 1. The molecule has 0 atom stereocenters. The second-order valence-electron chi connectivity index (χ2n) is 1.72. The van der Waals surface area contributed by atoms with Crippen LogP contribution in [0, 0.1) is 4.77 Å². The second-order valence-corrected chi connectivity index (χ2v) is 2.09. The number of nitrogens with two attached hydrogens (primary N) is 1. The summed E-state index contributed by atoms with van der Waals surface area (Å²) in [6, 6.07) is 0. The Hall–Kier alpha value is -1.05. The fourth-order valence-corrected chi connectivity index (χ4v) is 0.600. The van der Waals surface area contributed by atoms with E-state index in [0.29, 0.717) is 4.79 Å². The van der Waals surface area contributed by atoms with Crippen LogP contribution < -0.4 is 5.84 Å². The van der Waals surface area contributed by atoms with E-state index in [0.717, 1.165) is 0 Å². The molecule has 0 aliphatic heterocycles. The molecule has 0 bridgehead atoms. The third-order valence-corrected chi connectivity index (χ3v) is 1.20. The van der Waals surface area contributed by atoms with Gasteiger partial charge in [-0.3, -0.25) is 5.10 Å². The maximum absolute atomic E-state index is 11.8. The first-order valence-corrected chi connectivity index (χ1v) is 2.83. The molecule has 1 heterocycles. The molecule has 0 fully saturated rings. The van der Waals surface area contributed by atoms with Crippen LogP contribution in [0.5, 0.6) is 0 Å². The molecular formula is C3H3F3N4S. The van der Waals surface area contributed by atoms with Crippen LogP contribution in [-0.2, 0) is 6.18 Å². The van der Waals surface area contributed by atoms with Gasteiger partial charge < -0.3 is 5.84 Å². The minimum atomic E-state index is -4.53. The Morgan fingerprint density at radius 2 is 2.09 bits per heavy atom. The molecule has 1 rings (SSSR count). The summed E-state index contributed by atoms with van der Waals surface area (Å²) in [7, 11) is 0. The SMILES string of the molecule is Nn1[nH]c(C(F)(F)F)nc1=S. The second kappa shape index (κ2) is 2.22. The normalized spacial score (nSPS) is 11.9. The number of nitrogens with one attached hydrogen (secondary N) is 1. The molecule has 1 aromatic heterocycles. The van der Waals surface area contributed by atoms with E-state index in [9.17, 15) is 13.2 Å². The van der Waals surface area contributed by atoms with Crippen molar-refractivity contribution in [2.45, 2.75) is 6.18 Å². The molecular weight excluding hydrogens is 181 g/mol. The van der Waals surface area contributed by atoms with Gasteiger partial charge >= 0.3 is 6.18 Å². The van der Waals surface area contributed by atoms with Gasteiger partial charge in [0.25, 0.3) is 0 Å². The highest BCUT2D eigenvalue weighted by atomic mass is 32.1. The number of hydrogen-bond donors (Lipinski definition) is 2. The predicted molar refractivity (Wildman–Crippen MR) is 32.6 cm³/mol. The van der Waals surface area contributed by atoms with Gasteiger partial charge in [0, 0.05) is 0 Å². The first kappa shape index (κ1) is 8.05. The van der Waals surface area contributed by atoms with Gasteiger partial charge in [-0.05, 0) is 12.2 Å². The van der Waals surface area contributed by atoms with Crippen LogP contribution in [0.15, 0.2) is 0 Å². The van der Waals surface area contributed by atoms with Crippen molar-refractivity contribution < 1.29 is 13.2 Å². The topological polar surface area (TPSA) is 59.6 Å². The lowest BCUT2D eigenvalue weighted by Crippen LogP contribution is -2.13. The van der Waals surface area contributed by atoms with Crippen molar-refractivity contribution in [3.05, 3.63) is 10.6 Å². The first-order valence-electron chi connectivity index (χ1n) is 2.42. The van der Waals surface area contributed by atoms with E-state index < -0.39 is 12.0 Å². The minimum absolute atomic E-state index is 0.336. The van der Waals surface area contributed by atoms with Crippen LogP contribution in [-0.4, -0.2) is 14.9 Å². The lowest BCUT2D eigenvalue weighted by molar-refractivity contribution is -0.144. The molecule has 0 aliphatic carbocycles.